The number of carbonyl (C=O) groups excluding carboxylic acids is 3. The van der Waals surface area contributed by atoms with Crippen molar-refractivity contribution in [1.29, 1.82) is 0 Å². The highest BCUT2D eigenvalue weighted by atomic mass is 16.5. The standard InChI is InChI=1S/C23H28N2O6/c1-3-29-23(28)18-6-4-5-13-25(18)21(26)15-30-22(27)12-11-20-24-14-19(31-20)17-9-7-16(2)8-10-17/h7-10,14,18H,3-6,11-13,15H2,1-2H3. The molecule has 1 aliphatic heterocycles. The van der Waals surface area contributed by atoms with Crippen LogP contribution in [0.25, 0.3) is 11.3 Å². The SMILES string of the molecule is CCOC(=O)C1CCCCN1C(=O)COC(=O)CCc1ncc(-c2ccc(C)cc2)o1. The number of benzene rings is 1. The summed E-state index contributed by atoms with van der Waals surface area (Å²) in [5.41, 5.74) is 2.06. The van der Waals surface area contributed by atoms with Gasteiger partial charge >= 0.3 is 11.9 Å². The molecule has 1 aliphatic rings. The quantitative estimate of drug-likeness (QED) is 0.596. The van der Waals surface area contributed by atoms with E-state index in [4.69, 9.17) is 13.9 Å². The molecular weight excluding hydrogens is 400 g/mol. The lowest BCUT2D eigenvalue weighted by atomic mass is 10.0. The minimum Gasteiger partial charge on any atom is -0.464 e. The molecule has 1 amide bonds. The predicted molar refractivity (Wildman–Crippen MR) is 112 cm³/mol. The largest absolute Gasteiger partial charge is 0.464 e. The van der Waals surface area contributed by atoms with Crippen LogP contribution in [0.5, 0.6) is 0 Å². The number of amides is 1. The van der Waals surface area contributed by atoms with Crippen molar-refractivity contribution in [2.45, 2.75) is 52.0 Å². The van der Waals surface area contributed by atoms with Gasteiger partial charge in [-0.25, -0.2) is 9.78 Å². The Morgan fingerprint density at radius 2 is 1.94 bits per heavy atom. The second-order valence-corrected chi connectivity index (χ2v) is 7.50. The molecular formula is C23H28N2O6. The van der Waals surface area contributed by atoms with E-state index in [-0.39, 0.29) is 25.4 Å². The van der Waals surface area contributed by atoms with Crippen LogP contribution in [0.1, 0.15) is 44.1 Å². The maximum absolute atomic E-state index is 12.5. The first-order valence-electron chi connectivity index (χ1n) is 10.6. The van der Waals surface area contributed by atoms with Crippen molar-refractivity contribution < 1.29 is 28.3 Å². The van der Waals surface area contributed by atoms with Gasteiger partial charge in [-0.05, 0) is 33.1 Å². The second-order valence-electron chi connectivity index (χ2n) is 7.50. The Morgan fingerprint density at radius 3 is 2.68 bits per heavy atom. The molecule has 166 valence electrons. The van der Waals surface area contributed by atoms with Gasteiger partial charge in [0.2, 0.25) is 0 Å². The molecule has 0 aliphatic carbocycles. The van der Waals surface area contributed by atoms with Crippen molar-refractivity contribution in [3.05, 3.63) is 41.9 Å². The van der Waals surface area contributed by atoms with Crippen LogP contribution < -0.4 is 0 Å². The Labute approximate surface area is 181 Å². The van der Waals surface area contributed by atoms with E-state index < -0.39 is 24.6 Å². The van der Waals surface area contributed by atoms with Crippen LogP contribution in [-0.4, -0.2) is 53.5 Å². The molecule has 0 bridgehead atoms. The van der Waals surface area contributed by atoms with Crippen LogP contribution in [0.2, 0.25) is 0 Å². The van der Waals surface area contributed by atoms with Crippen molar-refractivity contribution in [2.24, 2.45) is 0 Å². The highest BCUT2D eigenvalue weighted by molar-refractivity contribution is 5.86. The fourth-order valence-corrected chi connectivity index (χ4v) is 3.50. The lowest BCUT2D eigenvalue weighted by molar-refractivity contribution is -0.160. The third-order valence-electron chi connectivity index (χ3n) is 5.17. The molecule has 0 spiro atoms. The number of nitrogens with zero attached hydrogens (tertiary/aromatic N) is 2. The van der Waals surface area contributed by atoms with Gasteiger partial charge in [-0.3, -0.25) is 9.59 Å². The summed E-state index contributed by atoms with van der Waals surface area (Å²) in [5, 5.41) is 0. The zero-order valence-electron chi connectivity index (χ0n) is 18.0. The highest BCUT2D eigenvalue weighted by Crippen LogP contribution is 2.21. The number of hydrogen-bond donors (Lipinski definition) is 0. The lowest BCUT2D eigenvalue weighted by Crippen LogP contribution is -2.50. The molecule has 1 saturated heterocycles. The fraction of sp³-hybridized carbons (Fsp3) is 0.478. The molecule has 1 aromatic carbocycles. The van der Waals surface area contributed by atoms with Gasteiger partial charge in [0.15, 0.2) is 18.3 Å². The van der Waals surface area contributed by atoms with Gasteiger partial charge in [0.25, 0.3) is 5.91 Å². The van der Waals surface area contributed by atoms with Gasteiger partial charge in [-0.2, -0.15) is 0 Å². The second kappa shape index (κ2) is 10.7. The summed E-state index contributed by atoms with van der Waals surface area (Å²) in [5.74, 6) is -0.252. The fourth-order valence-electron chi connectivity index (χ4n) is 3.50. The van der Waals surface area contributed by atoms with E-state index in [0.29, 0.717) is 24.6 Å². The normalized spacial score (nSPS) is 16.1. The Kier molecular flexibility index (Phi) is 7.81. The number of likely N-dealkylation sites (tertiary alicyclic amines) is 1. The molecule has 31 heavy (non-hydrogen) atoms. The molecule has 1 atom stereocenters. The number of oxazole rings is 1. The van der Waals surface area contributed by atoms with Crippen molar-refractivity contribution >= 4 is 17.8 Å². The lowest BCUT2D eigenvalue weighted by Gasteiger charge is -2.33. The van der Waals surface area contributed by atoms with Crippen molar-refractivity contribution in [1.82, 2.24) is 9.88 Å². The van der Waals surface area contributed by atoms with Gasteiger partial charge in [0.1, 0.15) is 6.04 Å². The summed E-state index contributed by atoms with van der Waals surface area (Å²) < 4.78 is 15.9. The molecule has 1 unspecified atom stereocenters. The molecule has 2 aromatic rings. The van der Waals surface area contributed by atoms with E-state index in [1.54, 1.807) is 13.1 Å². The topological polar surface area (TPSA) is 98.9 Å². The van der Waals surface area contributed by atoms with Crippen molar-refractivity contribution in [2.75, 3.05) is 19.8 Å². The number of aryl methyl sites for hydroxylation is 2. The first-order chi connectivity index (χ1) is 15.0. The van der Waals surface area contributed by atoms with Gasteiger partial charge in [-0.15, -0.1) is 0 Å². The number of piperidine rings is 1. The molecule has 8 heteroatoms. The first-order valence-corrected chi connectivity index (χ1v) is 10.6. The average molecular weight is 428 g/mol. The molecule has 1 aromatic heterocycles. The number of ether oxygens (including phenoxy) is 2. The molecule has 0 N–H and O–H groups in total. The highest BCUT2D eigenvalue weighted by Gasteiger charge is 2.33. The summed E-state index contributed by atoms with van der Waals surface area (Å²) >= 11 is 0. The number of aromatic nitrogens is 1. The number of rotatable bonds is 8. The van der Waals surface area contributed by atoms with Crippen LogP contribution in [-0.2, 0) is 30.3 Å². The first kappa shape index (κ1) is 22.5. The van der Waals surface area contributed by atoms with Crippen molar-refractivity contribution in [3.8, 4) is 11.3 Å². The summed E-state index contributed by atoms with van der Waals surface area (Å²) in [6, 6.07) is 7.27. The maximum atomic E-state index is 12.5. The summed E-state index contributed by atoms with van der Waals surface area (Å²) in [4.78, 5) is 42.3. The smallest absolute Gasteiger partial charge is 0.328 e. The third kappa shape index (κ3) is 6.16. The van der Waals surface area contributed by atoms with E-state index in [0.717, 1.165) is 24.0 Å². The van der Waals surface area contributed by atoms with E-state index >= 15 is 0 Å². The molecule has 1 fully saturated rings. The Bertz CT molecular complexity index is 905. The molecule has 2 heterocycles. The summed E-state index contributed by atoms with van der Waals surface area (Å²) in [6.07, 6.45) is 4.17. The summed E-state index contributed by atoms with van der Waals surface area (Å²) in [6.45, 7) is 4.06. The van der Waals surface area contributed by atoms with Crippen LogP contribution in [0, 0.1) is 6.92 Å². The monoisotopic (exact) mass is 428 g/mol. The van der Waals surface area contributed by atoms with Crippen molar-refractivity contribution in [3.63, 3.8) is 0 Å². The molecule has 8 nitrogen and oxygen atoms in total. The van der Waals surface area contributed by atoms with Crippen LogP contribution >= 0.6 is 0 Å². The van der Waals surface area contributed by atoms with Crippen LogP contribution in [0.4, 0.5) is 0 Å². The predicted octanol–water partition coefficient (Wildman–Crippen LogP) is 3.07. The van der Waals surface area contributed by atoms with Crippen LogP contribution in [0.3, 0.4) is 0 Å². The number of carbonyl (C=O) groups is 3. The van der Waals surface area contributed by atoms with E-state index in [2.05, 4.69) is 4.98 Å². The van der Waals surface area contributed by atoms with Crippen LogP contribution in [0.15, 0.2) is 34.9 Å². The Balaban J connectivity index is 1.46. The van der Waals surface area contributed by atoms with Gasteiger partial charge in [0, 0.05) is 18.5 Å². The summed E-state index contributed by atoms with van der Waals surface area (Å²) in [7, 11) is 0. The van der Waals surface area contributed by atoms with Gasteiger partial charge in [0.05, 0.1) is 19.2 Å². The Hall–Kier alpha value is -3.16. The maximum Gasteiger partial charge on any atom is 0.328 e. The molecule has 0 saturated carbocycles. The minimum atomic E-state index is -0.604. The molecule has 0 radical (unpaired) electrons. The Morgan fingerprint density at radius 1 is 1.16 bits per heavy atom. The zero-order valence-corrected chi connectivity index (χ0v) is 18.0. The average Bonchev–Trinajstić information content (AvgIpc) is 3.25. The zero-order chi connectivity index (χ0) is 22.2. The molecule has 3 rings (SSSR count). The van der Waals surface area contributed by atoms with Gasteiger partial charge in [-0.1, -0.05) is 29.8 Å². The van der Waals surface area contributed by atoms with Gasteiger partial charge < -0.3 is 18.8 Å². The number of esters is 2. The van der Waals surface area contributed by atoms with E-state index in [1.807, 2.05) is 31.2 Å². The number of hydrogen-bond acceptors (Lipinski definition) is 7. The third-order valence-corrected chi connectivity index (χ3v) is 5.17. The van der Waals surface area contributed by atoms with E-state index in [9.17, 15) is 14.4 Å². The van der Waals surface area contributed by atoms with E-state index in [1.165, 1.54) is 4.90 Å². The minimum absolute atomic E-state index is 0.0441.